The van der Waals surface area contributed by atoms with Crippen molar-refractivity contribution < 1.29 is 9.53 Å². The molecule has 0 bridgehead atoms. The fraction of sp³-hybridized carbons (Fsp3) is 0.381. The number of fused-ring (bicyclic) bond motifs is 1. The maximum absolute atomic E-state index is 13.1. The second kappa shape index (κ2) is 7.75. The molecule has 0 atom stereocenters. The van der Waals surface area contributed by atoms with Crippen LogP contribution < -0.4 is 15.6 Å². The molecular formula is C21H23N3O3S. The third kappa shape index (κ3) is 3.42. The summed E-state index contributed by atoms with van der Waals surface area (Å²) in [5.41, 5.74) is 1.35. The Morgan fingerprint density at radius 3 is 2.61 bits per heavy atom. The fourth-order valence-corrected chi connectivity index (χ4v) is 4.87. The topological polar surface area (TPSA) is 73.2 Å². The minimum absolute atomic E-state index is 0.0332. The van der Waals surface area contributed by atoms with Gasteiger partial charge in [0, 0.05) is 11.7 Å². The van der Waals surface area contributed by atoms with Crippen LogP contribution in [-0.4, -0.2) is 22.6 Å². The Kier molecular flexibility index (Phi) is 5.17. The first-order chi connectivity index (χ1) is 13.6. The highest BCUT2D eigenvalue weighted by Crippen LogP contribution is 2.30. The normalized spacial score (nSPS) is 14.9. The number of methoxy groups -OCH3 is 1. The minimum Gasteiger partial charge on any atom is -0.497 e. The average molecular weight is 398 g/mol. The molecule has 1 amide bonds. The molecule has 1 aromatic carbocycles. The predicted octanol–water partition coefficient (Wildman–Crippen LogP) is 4.53. The Bertz CT molecular complexity index is 1060. The monoisotopic (exact) mass is 397 g/mol. The number of hydrogen-bond acceptors (Lipinski definition) is 5. The standard InChI is InChI=1S/C21H23N3O3S/c1-13-17-20(22-12-24(21(17)26)15-6-4-3-5-7-15)28-18(13)19(25)23-14-8-10-16(27-2)11-9-14/h8-12,15H,3-7H2,1-2H3,(H,23,25). The summed E-state index contributed by atoms with van der Waals surface area (Å²) in [4.78, 5) is 31.5. The molecule has 6 nitrogen and oxygen atoms in total. The first-order valence-electron chi connectivity index (χ1n) is 9.54. The highest BCUT2D eigenvalue weighted by Gasteiger charge is 2.22. The molecule has 4 rings (SSSR count). The number of ether oxygens (including phenoxy) is 1. The van der Waals surface area contributed by atoms with Crippen LogP contribution in [0.2, 0.25) is 0 Å². The Balaban J connectivity index is 1.65. The van der Waals surface area contributed by atoms with Crippen LogP contribution in [0.4, 0.5) is 5.69 Å². The first-order valence-corrected chi connectivity index (χ1v) is 10.4. The van der Waals surface area contributed by atoms with Crippen molar-refractivity contribution in [3.63, 3.8) is 0 Å². The molecule has 0 radical (unpaired) electrons. The summed E-state index contributed by atoms with van der Waals surface area (Å²) in [6, 6.07) is 7.37. The first kappa shape index (κ1) is 18.7. The lowest BCUT2D eigenvalue weighted by Crippen LogP contribution is -2.26. The number of hydrogen-bond donors (Lipinski definition) is 1. The maximum Gasteiger partial charge on any atom is 0.266 e. The molecule has 1 saturated carbocycles. The van der Waals surface area contributed by atoms with Gasteiger partial charge in [0.25, 0.3) is 11.5 Å². The van der Waals surface area contributed by atoms with Gasteiger partial charge in [0.15, 0.2) is 0 Å². The van der Waals surface area contributed by atoms with Crippen LogP contribution >= 0.6 is 11.3 Å². The highest BCUT2D eigenvalue weighted by atomic mass is 32.1. The molecule has 0 aliphatic heterocycles. The van der Waals surface area contributed by atoms with E-state index in [1.807, 2.05) is 6.92 Å². The molecule has 3 aromatic rings. The van der Waals surface area contributed by atoms with E-state index in [4.69, 9.17) is 4.74 Å². The number of aryl methyl sites for hydroxylation is 1. The van der Waals surface area contributed by atoms with Crippen LogP contribution in [0.5, 0.6) is 5.75 Å². The van der Waals surface area contributed by atoms with Crippen LogP contribution in [0.3, 0.4) is 0 Å². The summed E-state index contributed by atoms with van der Waals surface area (Å²) in [5.74, 6) is 0.498. The second-order valence-electron chi connectivity index (χ2n) is 7.17. The van der Waals surface area contributed by atoms with E-state index in [0.717, 1.165) is 31.4 Å². The average Bonchev–Trinajstić information content (AvgIpc) is 3.07. The van der Waals surface area contributed by atoms with Gasteiger partial charge in [0.1, 0.15) is 10.6 Å². The van der Waals surface area contributed by atoms with Crippen LogP contribution in [0.1, 0.15) is 53.4 Å². The lowest BCUT2D eigenvalue weighted by Gasteiger charge is -2.23. The van der Waals surface area contributed by atoms with Crippen molar-refractivity contribution in [1.29, 1.82) is 0 Å². The van der Waals surface area contributed by atoms with Crippen LogP contribution in [0, 0.1) is 6.92 Å². The van der Waals surface area contributed by atoms with Crippen molar-refractivity contribution in [3.8, 4) is 5.75 Å². The van der Waals surface area contributed by atoms with Gasteiger partial charge in [-0.3, -0.25) is 14.2 Å². The van der Waals surface area contributed by atoms with E-state index in [1.165, 1.54) is 17.8 Å². The van der Waals surface area contributed by atoms with Gasteiger partial charge in [-0.25, -0.2) is 4.98 Å². The van der Waals surface area contributed by atoms with Crippen LogP contribution in [0.25, 0.3) is 10.2 Å². The number of amides is 1. The molecule has 2 heterocycles. The number of thiophene rings is 1. The van der Waals surface area contributed by atoms with Gasteiger partial charge in [0.05, 0.1) is 23.7 Å². The van der Waals surface area contributed by atoms with E-state index in [9.17, 15) is 9.59 Å². The lowest BCUT2D eigenvalue weighted by molar-refractivity contribution is 0.103. The zero-order valence-corrected chi connectivity index (χ0v) is 16.8. The van der Waals surface area contributed by atoms with Gasteiger partial charge in [-0.2, -0.15) is 0 Å². The molecule has 1 aliphatic carbocycles. The van der Waals surface area contributed by atoms with Crippen molar-refractivity contribution >= 4 is 33.1 Å². The fourth-order valence-electron chi connectivity index (χ4n) is 3.84. The Hall–Kier alpha value is -2.67. The molecule has 28 heavy (non-hydrogen) atoms. The quantitative estimate of drug-likeness (QED) is 0.702. The summed E-state index contributed by atoms with van der Waals surface area (Å²) in [6.07, 6.45) is 7.21. The number of benzene rings is 1. The van der Waals surface area contributed by atoms with Gasteiger partial charge in [0.2, 0.25) is 0 Å². The van der Waals surface area contributed by atoms with Crippen LogP contribution in [-0.2, 0) is 0 Å². The van der Waals surface area contributed by atoms with Crippen LogP contribution in [0.15, 0.2) is 35.4 Å². The summed E-state index contributed by atoms with van der Waals surface area (Å²) >= 11 is 1.27. The molecule has 146 valence electrons. The Morgan fingerprint density at radius 1 is 1.21 bits per heavy atom. The molecular weight excluding hydrogens is 374 g/mol. The second-order valence-corrected chi connectivity index (χ2v) is 8.17. The van der Waals surface area contributed by atoms with Gasteiger partial charge in [-0.1, -0.05) is 19.3 Å². The zero-order valence-electron chi connectivity index (χ0n) is 16.0. The molecule has 0 saturated heterocycles. The summed E-state index contributed by atoms with van der Waals surface area (Å²) in [6.45, 7) is 1.83. The smallest absolute Gasteiger partial charge is 0.266 e. The Labute approximate surface area is 167 Å². The minimum atomic E-state index is -0.228. The third-order valence-corrected chi connectivity index (χ3v) is 6.60. The maximum atomic E-state index is 13.1. The van der Waals surface area contributed by atoms with Gasteiger partial charge < -0.3 is 10.1 Å². The van der Waals surface area contributed by atoms with Crippen molar-refractivity contribution in [1.82, 2.24) is 9.55 Å². The number of aromatic nitrogens is 2. The summed E-state index contributed by atoms with van der Waals surface area (Å²) in [7, 11) is 1.60. The molecule has 1 N–H and O–H groups in total. The molecule has 1 aliphatic rings. The summed E-state index contributed by atoms with van der Waals surface area (Å²) < 4.78 is 6.91. The Morgan fingerprint density at radius 2 is 1.93 bits per heavy atom. The van der Waals surface area contributed by atoms with Gasteiger partial charge >= 0.3 is 0 Å². The van der Waals surface area contributed by atoms with E-state index in [0.29, 0.717) is 26.3 Å². The lowest BCUT2D eigenvalue weighted by atomic mass is 9.95. The van der Waals surface area contributed by atoms with Crippen molar-refractivity contribution in [2.24, 2.45) is 0 Å². The zero-order chi connectivity index (χ0) is 19.7. The number of anilines is 1. The number of nitrogens with one attached hydrogen (secondary N) is 1. The van der Waals surface area contributed by atoms with E-state index < -0.39 is 0 Å². The van der Waals surface area contributed by atoms with Crippen molar-refractivity contribution in [2.45, 2.75) is 45.1 Å². The number of carbonyl (C=O) groups excluding carboxylic acids is 1. The van der Waals surface area contributed by atoms with E-state index in [-0.39, 0.29) is 17.5 Å². The van der Waals surface area contributed by atoms with E-state index in [2.05, 4.69) is 10.3 Å². The van der Waals surface area contributed by atoms with Gasteiger partial charge in [-0.15, -0.1) is 11.3 Å². The SMILES string of the molecule is COc1ccc(NC(=O)c2sc3ncn(C4CCCCC4)c(=O)c3c2C)cc1. The number of carbonyl (C=O) groups is 1. The predicted molar refractivity (Wildman–Crippen MR) is 112 cm³/mol. The summed E-state index contributed by atoms with van der Waals surface area (Å²) in [5, 5.41) is 3.46. The molecule has 7 heteroatoms. The largest absolute Gasteiger partial charge is 0.497 e. The highest BCUT2D eigenvalue weighted by molar-refractivity contribution is 7.20. The van der Waals surface area contributed by atoms with Crippen molar-refractivity contribution in [3.05, 3.63) is 51.4 Å². The molecule has 0 unspecified atom stereocenters. The molecule has 1 fully saturated rings. The third-order valence-electron chi connectivity index (χ3n) is 5.40. The van der Waals surface area contributed by atoms with E-state index in [1.54, 1.807) is 42.3 Å². The number of nitrogens with zero attached hydrogens (tertiary/aromatic N) is 2. The molecule has 2 aromatic heterocycles. The molecule has 0 spiro atoms. The van der Waals surface area contributed by atoms with Crippen molar-refractivity contribution in [2.75, 3.05) is 12.4 Å². The number of rotatable bonds is 4. The van der Waals surface area contributed by atoms with E-state index >= 15 is 0 Å². The van der Waals surface area contributed by atoms with Gasteiger partial charge in [-0.05, 0) is 49.6 Å².